The highest BCUT2D eigenvalue weighted by Gasteiger charge is 2.24. The highest BCUT2D eigenvalue weighted by molar-refractivity contribution is 5.79. The van der Waals surface area contributed by atoms with E-state index in [9.17, 15) is 4.79 Å². The van der Waals surface area contributed by atoms with Crippen molar-refractivity contribution in [3.63, 3.8) is 0 Å². The molecule has 1 aliphatic heterocycles. The zero-order valence-electron chi connectivity index (χ0n) is 18.5. The number of aryl methyl sites for hydroxylation is 1. The van der Waals surface area contributed by atoms with Crippen LogP contribution < -0.4 is 4.90 Å². The Morgan fingerprint density at radius 2 is 1.91 bits per heavy atom. The molecular formula is C25H29N5O2. The van der Waals surface area contributed by atoms with Crippen molar-refractivity contribution >= 4 is 11.7 Å². The van der Waals surface area contributed by atoms with Gasteiger partial charge in [-0.2, -0.15) is 4.98 Å². The molecule has 1 saturated carbocycles. The Bertz CT molecular complexity index is 1060. The predicted octanol–water partition coefficient (Wildman–Crippen LogP) is 3.99. The second-order valence-electron chi connectivity index (χ2n) is 8.88. The summed E-state index contributed by atoms with van der Waals surface area (Å²) in [6, 6.07) is 12.2. The van der Waals surface area contributed by atoms with Gasteiger partial charge < -0.3 is 14.3 Å². The number of hydrogen-bond donors (Lipinski definition) is 0. The first kappa shape index (κ1) is 20.7. The quantitative estimate of drug-likeness (QED) is 0.608. The molecule has 2 fully saturated rings. The summed E-state index contributed by atoms with van der Waals surface area (Å²) in [6.45, 7) is 5.03. The molecule has 1 saturated heterocycles. The molecule has 5 rings (SSSR count). The third-order valence-electron chi connectivity index (χ3n) is 6.55. The minimum Gasteiger partial charge on any atom is -0.353 e. The number of hydrogen-bond acceptors (Lipinski definition) is 6. The fraction of sp³-hybridized carbons (Fsp3) is 0.440. The van der Waals surface area contributed by atoms with E-state index < -0.39 is 0 Å². The summed E-state index contributed by atoms with van der Waals surface area (Å²) >= 11 is 0. The van der Waals surface area contributed by atoms with Crippen LogP contribution in [-0.2, 0) is 11.2 Å². The van der Waals surface area contributed by atoms with Crippen LogP contribution in [0.4, 0.5) is 5.82 Å². The summed E-state index contributed by atoms with van der Waals surface area (Å²) in [4.78, 5) is 26.1. The maximum Gasteiger partial charge on any atom is 0.230 e. The van der Waals surface area contributed by atoms with Crippen LogP contribution in [0.15, 0.2) is 47.1 Å². The van der Waals surface area contributed by atoms with Gasteiger partial charge in [-0.25, -0.2) is 4.98 Å². The van der Waals surface area contributed by atoms with E-state index in [2.05, 4.69) is 39.1 Å². The van der Waals surface area contributed by atoms with Crippen LogP contribution in [0.3, 0.4) is 0 Å². The van der Waals surface area contributed by atoms with Crippen LogP contribution in [0, 0.1) is 6.92 Å². The number of amides is 1. The molecule has 1 aromatic carbocycles. The Kier molecular flexibility index (Phi) is 5.88. The smallest absolute Gasteiger partial charge is 0.230 e. The van der Waals surface area contributed by atoms with E-state index in [1.54, 1.807) is 0 Å². The summed E-state index contributed by atoms with van der Waals surface area (Å²) in [5, 5.41) is 4.16. The summed E-state index contributed by atoms with van der Waals surface area (Å²) in [5.41, 5.74) is 3.13. The van der Waals surface area contributed by atoms with Crippen LogP contribution in [-0.4, -0.2) is 52.1 Å². The molecule has 0 N–H and O–H groups in total. The van der Waals surface area contributed by atoms with E-state index in [4.69, 9.17) is 4.52 Å². The van der Waals surface area contributed by atoms with Gasteiger partial charge >= 0.3 is 0 Å². The van der Waals surface area contributed by atoms with E-state index >= 15 is 0 Å². The van der Waals surface area contributed by atoms with Crippen LogP contribution in [0.5, 0.6) is 0 Å². The molecule has 0 spiro atoms. The summed E-state index contributed by atoms with van der Waals surface area (Å²) in [6.07, 6.45) is 7.03. The van der Waals surface area contributed by atoms with Crippen molar-refractivity contribution in [2.24, 2.45) is 0 Å². The van der Waals surface area contributed by atoms with Crippen molar-refractivity contribution in [2.45, 2.75) is 44.9 Å². The molecule has 0 radical (unpaired) electrons. The second-order valence-corrected chi connectivity index (χ2v) is 8.88. The fourth-order valence-electron chi connectivity index (χ4n) is 4.69. The van der Waals surface area contributed by atoms with Crippen molar-refractivity contribution < 1.29 is 9.32 Å². The van der Waals surface area contributed by atoms with Gasteiger partial charge in [-0.15, -0.1) is 0 Å². The monoisotopic (exact) mass is 431 g/mol. The van der Waals surface area contributed by atoms with Crippen molar-refractivity contribution in [3.8, 4) is 11.4 Å². The number of aromatic nitrogens is 3. The summed E-state index contributed by atoms with van der Waals surface area (Å²) < 4.78 is 5.50. The zero-order valence-corrected chi connectivity index (χ0v) is 18.5. The number of carbonyl (C=O) groups excluding carboxylic acids is 1. The first-order valence-electron chi connectivity index (χ1n) is 11.5. The number of carbonyl (C=O) groups is 1. The van der Waals surface area contributed by atoms with E-state index in [1.165, 1.54) is 18.4 Å². The molecule has 32 heavy (non-hydrogen) atoms. The van der Waals surface area contributed by atoms with Crippen molar-refractivity contribution in [3.05, 3.63) is 59.6 Å². The maximum absolute atomic E-state index is 12.7. The average Bonchev–Trinajstić information content (AvgIpc) is 3.52. The minimum atomic E-state index is 0.189. The predicted molar refractivity (Wildman–Crippen MR) is 122 cm³/mol. The molecule has 7 nitrogen and oxygen atoms in total. The zero-order chi connectivity index (χ0) is 21.9. The van der Waals surface area contributed by atoms with Gasteiger partial charge in [0, 0.05) is 43.9 Å². The molecule has 0 atom stereocenters. The number of benzene rings is 1. The SMILES string of the molecule is Cc1cccc(CC(=O)N2CCN(c3ccc(-c4noc(C5CCCC5)n4)cn3)CC2)c1. The molecule has 2 aromatic heterocycles. The van der Waals surface area contributed by atoms with Crippen molar-refractivity contribution in [1.29, 1.82) is 0 Å². The minimum absolute atomic E-state index is 0.189. The Morgan fingerprint density at radius 1 is 1.09 bits per heavy atom. The maximum atomic E-state index is 12.7. The normalized spacial score (nSPS) is 17.2. The highest BCUT2D eigenvalue weighted by atomic mass is 16.5. The Hall–Kier alpha value is -3.22. The molecule has 1 amide bonds. The standard InChI is InChI=1S/C25H29N5O2/c1-18-5-4-6-19(15-18)16-23(31)30-13-11-29(12-14-30)22-10-9-21(17-26-22)24-27-25(32-28-24)20-7-2-3-8-20/h4-6,9-10,15,17,20H,2-3,7-8,11-14,16H2,1H3. The number of piperazine rings is 1. The Morgan fingerprint density at radius 3 is 2.62 bits per heavy atom. The molecule has 3 aromatic rings. The topological polar surface area (TPSA) is 75.4 Å². The molecule has 1 aliphatic carbocycles. The summed E-state index contributed by atoms with van der Waals surface area (Å²) in [5.74, 6) is 2.88. The Balaban J connectivity index is 1.17. The number of nitrogens with zero attached hydrogens (tertiary/aromatic N) is 5. The average molecular weight is 432 g/mol. The number of rotatable bonds is 5. The second kappa shape index (κ2) is 9.10. The van der Waals surface area contributed by atoms with Gasteiger partial charge in [0.25, 0.3) is 0 Å². The summed E-state index contributed by atoms with van der Waals surface area (Å²) in [7, 11) is 0. The van der Waals surface area contributed by atoms with E-state index in [-0.39, 0.29) is 5.91 Å². The lowest BCUT2D eigenvalue weighted by molar-refractivity contribution is -0.130. The molecule has 3 heterocycles. The number of anilines is 1. The van der Waals surface area contributed by atoms with E-state index in [0.29, 0.717) is 31.3 Å². The van der Waals surface area contributed by atoms with Gasteiger partial charge in [-0.1, -0.05) is 47.8 Å². The molecular weight excluding hydrogens is 402 g/mol. The largest absolute Gasteiger partial charge is 0.353 e. The fourth-order valence-corrected chi connectivity index (χ4v) is 4.69. The molecule has 7 heteroatoms. The van der Waals surface area contributed by atoms with Crippen LogP contribution >= 0.6 is 0 Å². The highest BCUT2D eigenvalue weighted by Crippen LogP contribution is 2.33. The molecule has 0 unspecified atom stereocenters. The van der Waals surface area contributed by atoms with Crippen LogP contribution in [0.25, 0.3) is 11.4 Å². The van der Waals surface area contributed by atoms with Gasteiger partial charge in [0.2, 0.25) is 17.6 Å². The van der Waals surface area contributed by atoms with Crippen LogP contribution in [0.1, 0.15) is 48.6 Å². The molecule has 2 aliphatic rings. The third-order valence-corrected chi connectivity index (χ3v) is 6.55. The molecule has 166 valence electrons. The number of pyridine rings is 1. The van der Waals surface area contributed by atoms with Crippen molar-refractivity contribution in [2.75, 3.05) is 31.1 Å². The van der Waals surface area contributed by atoms with Gasteiger partial charge in [-0.3, -0.25) is 4.79 Å². The van der Waals surface area contributed by atoms with Crippen molar-refractivity contribution in [1.82, 2.24) is 20.0 Å². The van der Waals surface area contributed by atoms with E-state index in [0.717, 1.165) is 48.8 Å². The van der Waals surface area contributed by atoms with Gasteiger partial charge in [-0.05, 0) is 37.5 Å². The van der Waals surface area contributed by atoms with Gasteiger partial charge in [0.05, 0.1) is 6.42 Å². The lowest BCUT2D eigenvalue weighted by Gasteiger charge is -2.35. The van der Waals surface area contributed by atoms with Crippen LogP contribution in [0.2, 0.25) is 0 Å². The lowest BCUT2D eigenvalue weighted by atomic mass is 10.1. The first-order valence-corrected chi connectivity index (χ1v) is 11.5. The molecule has 0 bridgehead atoms. The third kappa shape index (κ3) is 4.52. The Labute approximate surface area is 188 Å². The lowest BCUT2D eigenvalue weighted by Crippen LogP contribution is -2.49. The first-order chi connectivity index (χ1) is 15.7. The van der Waals surface area contributed by atoms with E-state index in [1.807, 2.05) is 35.4 Å². The van der Waals surface area contributed by atoms with Gasteiger partial charge in [0.1, 0.15) is 5.82 Å². The van der Waals surface area contributed by atoms with Gasteiger partial charge in [0.15, 0.2) is 0 Å².